The highest BCUT2D eigenvalue weighted by Gasteiger charge is 2.21. The summed E-state index contributed by atoms with van der Waals surface area (Å²) in [6, 6.07) is 7.41. The van der Waals surface area contributed by atoms with Crippen LogP contribution in [0.3, 0.4) is 0 Å². The maximum absolute atomic E-state index is 11.4. The van der Waals surface area contributed by atoms with Gasteiger partial charge in [0, 0.05) is 18.4 Å². The molecular formula is C14H16N4O3. The number of carbonyl (C=O) groups is 1. The molecule has 7 heteroatoms. The second-order valence-electron chi connectivity index (χ2n) is 4.81. The van der Waals surface area contributed by atoms with Crippen molar-refractivity contribution < 1.29 is 14.3 Å². The molecule has 0 aliphatic carbocycles. The first-order valence-corrected chi connectivity index (χ1v) is 6.80. The first-order chi connectivity index (χ1) is 10.3. The van der Waals surface area contributed by atoms with Gasteiger partial charge in [0.2, 0.25) is 0 Å². The number of nitrogens with one attached hydrogen (secondary N) is 1. The standard InChI is InChI=1S/C14H16N4O3/c15-14(19)13-12(16-18-17-13)10-3-1-2-4-11(10)21-9-5-7-20-8-6-9/h1-4,9H,5-8H2,(H2,15,19)(H,16,17,18). The lowest BCUT2D eigenvalue weighted by molar-refractivity contribution is 0.0258. The van der Waals surface area contributed by atoms with E-state index in [-0.39, 0.29) is 11.8 Å². The van der Waals surface area contributed by atoms with E-state index in [9.17, 15) is 4.79 Å². The fraction of sp³-hybridized carbons (Fsp3) is 0.357. The van der Waals surface area contributed by atoms with E-state index in [4.69, 9.17) is 15.2 Å². The summed E-state index contributed by atoms with van der Waals surface area (Å²) in [4.78, 5) is 11.4. The Balaban J connectivity index is 1.91. The van der Waals surface area contributed by atoms with Crippen LogP contribution in [-0.4, -0.2) is 40.6 Å². The van der Waals surface area contributed by atoms with E-state index in [1.807, 2.05) is 24.3 Å². The van der Waals surface area contributed by atoms with Crippen LogP contribution in [0.1, 0.15) is 23.3 Å². The molecule has 0 spiro atoms. The summed E-state index contributed by atoms with van der Waals surface area (Å²) in [6.45, 7) is 1.40. The number of H-pyrrole nitrogens is 1. The van der Waals surface area contributed by atoms with Crippen LogP contribution in [0.15, 0.2) is 24.3 Å². The molecule has 3 N–H and O–H groups in total. The number of aromatic amines is 1. The van der Waals surface area contributed by atoms with Crippen molar-refractivity contribution in [2.75, 3.05) is 13.2 Å². The summed E-state index contributed by atoms with van der Waals surface area (Å²) >= 11 is 0. The lowest BCUT2D eigenvalue weighted by Gasteiger charge is -2.24. The number of hydrogen-bond donors (Lipinski definition) is 2. The molecule has 110 valence electrons. The molecule has 2 aromatic rings. The number of benzene rings is 1. The molecule has 1 aliphatic rings. The maximum Gasteiger partial charge on any atom is 0.271 e. The number of primary amides is 1. The number of nitrogens with zero attached hydrogens (tertiary/aromatic N) is 2. The summed E-state index contributed by atoms with van der Waals surface area (Å²) in [5.41, 5.74) is 6.53. The molecule has 3 rings (SSSR count). The highest BCUT2D eigenvalue weighted by atomic mass is 16.5. The third-order valence-corrected chi connectivity index (χ3v) is 3.39. The minimum Gasteiger partial charge on any atom is -0.490 e. The summed E-state index contributed by atoms with van der Waals surface area (Å²) in [7, 11) is 0. The zero-order chi connectivity index (χ0) is 14.7. The Labute approximate surface area is 121 Å². The number of carbonyl (C=O) groups excluding carboxylic acids is 1. The Hall–Kier alpha value is -2.41. The number of ether oxygens (including phenoxy) is 2. The molecular weight excluding hydrogens is 272 g/mol. The lowest BCUT2D eigenvalue weighted by Crippen LogP contribution is -2.26. The second kappa shape index (κ2) is 5.92. The maximum atomic E-state index is 11.4. The quantitative estimate of drug-likeness (QED) is 0.877. The van der Waals surface area contributed by atoms with E-state index in [0.29, 0.717) is 30.2 Å². The number of para-hydroxylation sites is 1. The highest BCUT2D eigenvalue weighted by Crippen LogP contribution is 2.31. The predicted molar refractivity (Wildman–Crippen MR) is 74.8 cm³/mol. The third kappa shape index (κ3) is 2.87. The predicted octanol–water partition coefficient (Wildman–Crippen LogP) is 1.13. The van der Waals surface area contributed by atoms with Gasteiger partial charge in [-0.2, -0.15) is 15.4 Å². The SMILES string of the molecule is NC(=O)c1n[nH]nc1-c1ccccc1OC1CCOCC1. The van der Waals surface area contributed by atoms with Gasteiger partial charge in [0.15, 0.2) is 5.69 Å². The molecule has 21 heavy (non-hydrogen) atoms. The molecule has 1 amide bonds. The minimum atomic E-state index is -0.625. The van der Waals surface area contributed by atoms with Gasteiger partial charge in [-0.15, -0.1) is 0 Å². The Morgan fingerprint density at radius 2 is 2.05 bits per heavy atom. The fourth-order valence-electron chi connectivity index (χ4n) is 2.33. The average molecular weight is 288 g/mol. The van der Waals surface area contributed by atoms with Gasteiger partial charge in [0.25, 0.3) is 5.91 Å². The van der Waals surface area contributed by atoms with Gasteiger partial charge in [-0.25, -0.2) is 0 Å². The molecule has 7 nitrogen and oxygen atoms in total. The molecule has 0 bridgehead atoms. The number of amides is 1. The van der Waals surface area contributed by atoms with Gasteiger partial charge >= 0.3 is 0 Å². The number of aromatic nitrogens is 3. The van der Waals surface area contributed by atoms with E-state index in [1.165, 1.54) is 0 Å². The van der Waals surface area contributed by atoms with Crippen molar-refractivity contribution in [3.05, 3.63) is 30.0 Å². The molecule has 0 unspecified atom stereocenters. The largest absolute Gasteiger partial charge is 0.490 e. The summed E-state index contributed by atoms with van der Waals surface area (Å²) in [5, 5.41) is 10.2. The van der Waals surface area contributed by atoms with Gasteiger partial charge in [-0.05, 0) is 12.1 Å². The van der Waals surface area contributed by atoms with Crippen LogP contribution in [0.25, 0.3) is 11.3 Å². The number of rotatable bonds is 4. The molecule has 2 heterocycles. The molecule has 1 aliphatic heterocycles. The Kier molecular flexibility index (Phi) is 3.83. The Bertz CT molecular complexity index is 635. The Morgan fingerprint density at radius 1 is 1.29 bits per heavy atom. The first-order valence-electron chi connectivity index (χ1n) is 6.80. The zero-order valence-electron chi connectivity index (χ0n) is 11.4. The monoisotopic (exact) mass is 288 g/mol. The van der Waals surface area contributed by atoms with Crippen LogP contribution in [0.4, 0.5) is 0 Å². The normalized spacial score (nSPS) is 15.8. The van der Waals surface area contributed by atoms with E-state index >= 15 is 0 Å². The number of nitrogens with two attached hydrogens (primary N) is 1. The van der Waals surface area contributed by atoms with Gasteiger partial charge in [-0.1, -0.05) is 12.1 Å². The van der Waals surface area contributed by atoms with Crippen molar-refractivity contribution in [2.45, 2.75) is 18.9 Å². The summed E-state index contributed by atoms with van der Waals surface area (Å²) in [5.74, 6) is 0.0421. The molecule has 1 fully saturated rings. The van der Waals surface area contributed by atoms with E-state index in [2.05, 4.69) is 15.4 Å². The molecule has 1 aromatic carbocycles. The lowest BCUT2D eigenvalue weighted by atomic mass is 10.1. The third-order valence-electron chi connectivity index (χ3n) is 3.39. The van der Waals surface area contributed by atoms with E-state index in [1.54, 1.807) is 0 Å². The van der Waals surface area contributed by atoms with Crippen molar-refractivity contribution >= 4 is 5.91 Å². The van der Waals surface area contributed by atoms with Crippen LogP contribution in [0, 0.1) is 0 Å². The van der Waals surface area contributed by atoms with Gasteiger partial charge in [0.1, 0.15) is 17.5 Å². The topological polar surface area (TPSA) is 103 Å². The van der Waals surface area contributed by atoms with E-state index < -0.39 is 5.91 Å². The first kappa shape index (κ1) is 13.6. The van der Waals surface area contributed by atoms with Crippen molar-refractivity contribution in [2.24, 2.45) is 5.73 Å². The van der Waals surface area contributed by atoms with Crippen LogP contribution in [0.2, 0.25) is 0 Å². The zero-order valence-corrected chi connectivity index (χ0v) is 11.4. The molecule has 0 radical (unpaired) electrons. The van der Waals surface area contributed by atoms with Crippen LogP contribution in [-0.2, 0) is 4.74 Å². The molecule has 0 atom stereocenters. The smallest absolute Gasteiger partial charge is 0.271 e. The van der Waals surface area contributed by atoms with Crippen LogP contribution >= 0.6 is 0 Å². The van der Waals surface area contributed by atoms with Crippen LogP contribution in [0.5, 0.6) is 5.75 Å². The van der Waals surface area contributed by atoms with Gasteiger partial charge < -0.3 is 15.2 Å². The number of hydrogen-bond acceptors (Lipinski definition) is 5. The van der Waals surface area contributed by atoms with E-state index in [0.717, 1.165) is 12.8 Å². The van der Waals surface area contributed by atoms with Crippen molar-refractivity contribution in [1.82, 2.24) is 15.4 Å². The van der Waals surface area contributed by atoms with Crippen LogP contribution < -0.4 is 10.5 Å². The second-order valence-corrected chi connectivity index (χ2v) is 4.81. The summed E-state index contributed by atoms with van der Waals surface area (Å²) < 4.78 is 11.4. The Morgan fingerprint density at radius 3 is 2.81 bits per heavy atom. The van der Waals surface area contributed by atoms with Gasteiger partial charge in [-0.3, -0.25) is 4.79 Å². The molecule has 0 saturated carbocycles. The molecule has 1 saturated heterocycles. The van der Waals surface area contributed by atoms with Crippen molar-refractivity contribution in [3.63, 3.8) is 0 Å². The fourth-order valence-corrected chi connectivity index (χ4v) is 2.33. The average Bonchev–Trinajstić information content (AvgIpc) is 2.98. The van der Waals surface area contributed by atoms with Gasteiger partial charge in [0.05, 0.1) is 13.2 Å². The van der Waals surface area contributed by atoms with Crippen molar-refractivity contribution in [1.29, 1.82) is 0 Å². The highest BCUT2D eigenvalue weighted by molar-refractivity contribution is 5.97. The minimum absolute atomic E-state index is 0.101. The van der Waals surface area contributed by atoms with Crippen molar-refractivity contribution in [3.8, 4) is 17.0 Å². The molecule has 1 aromatic heterocycles. The summed E-state index contributed by atoms with van der Waals surface area (Å²) in [6.07, 6.45) is 1.79.